The molecule has 0 bridgehead atoms. The maximum atomic E-state index is 14.3. The Balaban J connectivity index is 1.55. The van der Waals surface area contributed by atoms with Gasteiger partial charge in [0.15, 0.2) is 0 Å². The van der Waals surface area contributed by atoms with Crippen molar-refractivity contribution in [1.29, 1.82) is 0 Å². The zero-order chi connectivity index (χ0) is 25.5. The van der Waals surface area contributed by atoms with Crippen LogP contribution in [0.4, 0.5) is 5.69 Å². The summed E-state index contributed by atoms with van der Waals surface area (Å²) in [7, 11) is 0. The molecular formula is C27H22Cl3N3NiO3+2. The molecule has 0 aromatic heterocycles. The Bertz CT molecular complexity index is 1550. The number of fused-ring (bicyclic) bond motifs is 3. The minimum atomic E-state index is -2.80. The third-order valence-corrected chi connectivity index (χ3v) is 12.7. The number of rotatable bonds is 3. The number of halogens is 3. The minimum absolute atomic E-state index is 0.00653. The summed E-state index contributed by atoms with van der Waals surface area (Å²) in [5.74, 6) is -0.336. The van der Waals surface area contributed by atoms with Crippen LogP contribution in [0.5, 0.6) is 0 Å². The number of benzene rings is 3. The number of anilines is 1. The van der Waals surface area contributed by atoms with Crippen molar-refractivity contribution in [3.8, 4) is 0 Å². The number of carbonyl (C=O) groups is 2. The molecule has 4 aliphatic heterocycles. The molecule has 3 fully saturated rings. The Morgan fingerprint density at radius 1 is 1.00 bits per heavy atom. The first-order chi connectivity index (χ1) is 17.9. The van der Waals surface area contributed by atoms with Crippen LogP contribution in [-0.4, -0.2) is 43.9 Å². The van der Waals surface area contributed by atoms with E-state index >= 15 is 0 Å². The molecule has 2 unspecified atom stereocenters. The first kappa shape index (κ1) is 23.7. The Labute approximate surface area is 232 Å². The van der Waals surface area contributed by atoms with Gasteiger partial charge in [-0.2, -0.15) is 0 Å². The summed E-state index contributed by atoms with van der Waals surface area (Å²) in [6.45, 7) is 1.27. The van der Waals surface area contributed by atoms with E-state index in [0.29, 0.717) is 31.7 Å². The van der Waals surface area contributed by atoms with Crippen molar-refractivity contribution in [2.45, 2.75) is 25.4 Å². The predicted molar refractivity (Wildman–Crippen MR) is 138 cm³/mol. The average Bonchev–Trinajstić information content (AvgIpc) is 3.51. The number of amides is 1. The molecule has 4 heterocycles. The van der Waals surface area contributed by atoms with Crippen LogP contribution >= 0.6 is 34.8 Å². The molecule has 3 aromatic rings. The van der Waals surface area contributed by atoms with Crippen LogP contribution in [0.25, 0.3) is 0 Å². The molecule has 6 nitrogen and oxygen atoms in total. The van der Waals surface area contributed by atoms with Crippen molar-refractivity contribution in [2.24, 2.45) is 0 Å². The quantitative estimate of drug-likeness (QED) is 0.378. The molecule has 1 spiro atoms. The van der Waals surface area contributed by atoms with Crippen molar-refractivity contribution >= 4 is 58.1 Å². The Morgan fingerprint density at radius 3 is 2.59 bits per heavy atom. The molecule has 0 saturated carbocycles. The van der Waals surface area contributed by atoms with Crippen LogP contribution in [0, 0.1) is 0 Å². The number of nitrogens with zero attached hydrogens (tertiary/aromatic N) is 3. The zero-order valence-corrected chi connectivity index (χ0v) is 22.7. The van der Waals surface area contributed by atoms with Crippen LogP contribution in [0.3, 0.4) is 0 Å². The topological polar surface area (TPSA) is 49.6 Å². The van der Waals surface area contributed by atoms with Crippen LogP contribution in [0.1, 0.15) is 29.5 Å². The molecule has 0 N–H and O–H groups in total. The van der Waals surface area contributed by atoms with Gasteiger partial charge in [0, 0.05) is 0 Å². The monoisotopic (exact) mass is 599 g/mol. The van der Waals surface area contributed by atoms with Gasteiger partial charge >= 0.3 is 233 Å². The van der Waals surface area contributed by atoms with Gasteiger partial charge in [0.05, 0.1) is 0 Å². The van der Waals surface area contributed by atoms with Gasteiger partial charge in [-0.15, -0.1) is 0 Å². The van der Waals surface area contributed by atoms with Gasteiger partial charge in [0.25, 0.3) is 0 Å². The maximum absolute atomic E-state index is 14.3. The molecule has 0 radical (unpaired) electrons. The number of carbonyl (C=O) groups excluding carboxylic acids is 2. The molecule has 4 aliphatic rings. The van der Waals surface area contributed by atoms with Crippen molar-refractivity contribution < 1.29 is 34.0 Å². The summed E-state index contributed by atoms with van der Waals surface area (Å²) in [6, 6.07) is 20.8. The molecule has 3 atom stereocenters. The zero-order valence-electron chi connectivity index (χ0n) is 19.5. The van der Waals surface area contributed by atoms with E-state index in [0.717, 1.165) is 40.9 Å². The van der Waals surface area contributed by atoms with Gasteiger partial charge in [0.2, 0.25) is 0 Å². The SMILES string of the molecule is O=C1C[N+]2=C(c3ccccc3)c3cc(Cl)ccc3[N]3C(=O)[C@@H]4CCC[N+]4(Cc4ccc(Cl)c(Cl)c4)[Ni]32[O]1. The first-order valence-electron chi connectivity index (χ1n) is 11.9. The molecule has 3 aromatic carbocycles. The molecule has 7 rings (SSSR count). The summed E-state index contributed by atoms with van der Waals surface area (Å²) in [4.78, 5) is 27.6. The molecule has 0 aliphatic carbocycles. The number of quaternary nitrogens is 1. The molecule has 192 valence electrons. The van der Waals surface area contributed by atoms with Gasteiger partial charge in [-0.05, 0) is 0 Å². The Hall–Kier alpha value is -2.41. The normalized spacial score (nSPS) is 29.4. The van der Waals surface area contributed by atoms with Gasteiger partial charge in [-0.1, -0.05) is 0 Å². The molecule has 37 heavy (non-hydrogen) atoms. The molecule has 3 saturated heterocycles. The van der Waals surface area contributed by atoms with E-state index < -0.39 is 13.3 Å². The standard InChI is InChI=1S/C27H24Cl3N3O3.Ni/c28-19-9-11-23(20(14-19)26(31-15-25(34)35)18-5-2-1-3-6-18)32-27(36)24-7-4-12-33(24)16-17-8-10-21(29)22(30)13-17;/h1-3,5-6,8-11,13-14,24H,4,7,12,15-16H2,(H2,31,32,34,35,36);/q;+4/p-2/t24-;/m0./s1. The Morgan fingerprint density at radius 2 is 1.81 bits per heavy atom. The van der Waals surface area contributed by atoms with Gasteiger partial charge in [-0.3, -0.25) is 0 Å². The summed E-state index contributed by atoms with van der Waals surface area (Å²) < 4.78 is 10.7. The molecule has 10 heteroatoms. The van der Waals surface area contributed by atoms with Gasteiger partial charge < -0.3 is 0 Å². The predicted octanol–water partition coefficient (Wildman–Crippen LogP) is 5.41. The van der Waals surface area contributed by atoms with Crippen molar-refractivity contribution in [3.63, 3.8) is 0 Å². The van der Waals surface area contributed by atoms with Crippen LogP contribution < -0.4 is 3.98 Å². The van der Waals surface area contributed by atoms with E-state index in [-0.39, 0.29) is 24.5 Å². The van der Waals surface area contributed by atoms with Crippen molar-refractivity contribution in [1.82, 2.24) is 0 Å². The van der Waals surface area contributed by atoms with E-state index in [1.54, 1.807) is 12.1 Å². The van der Waals surface area contributed by atoms with Gasteiger partial charge in [0.1, 0.15) is 0 Å². The summed E-state index contributed by atoms with van der Waals surface area (Å²) >= 11 is 16.3. The third-order valence-electron chi connectivity index (χ3n) is 7.29. The third kappa shape index (κ3) is 3.12. The van der Waals surface area contributed by atoms with Crippen LogP contribution in [-0.2, 0) is 33.4 Å². The second-order valence-electron chi connectivity index (χ2n) is 9.41. The summed E-state index contributed by atoms with van der Waals surface area (Å²) in [5, 5.41) is 1.50. The first-order valence-corrected chi connectivity index (χ1v) is 14.8. The fourth-order valence-corrected chi connectivity index (χ4v) is 11.5. The Kier molecular flexibility index (Phi) is 5.31. The fraction of sp³-hybridized carbons (Fsp3) is 0.222. The van der Waals surface area contributed by atoms with E-state index in [1.165, 1.54) is 0 Å². The average molecular weight is 602 g/mol. The molecular weight excluding hydrogens is 579 g/mol. The summed E-state index contributed by atoms with van der Waals surface area (Å²) in [5.41, 5.74) is 4.32. The van der Waals surface area contributed by atoms with E-state index in [2.05, 4.69) is 3.66 Å². The summed E-state index contributed by atoms with van der Waals surface area (Å²) in [6.07, 6.45) is 1.59. The van der Waals surface area contributed by atoms with E-state index in [9.17, 15) is 9.59 Å². The second-order valence-corrected chi connectivity index (χ2v) is 13.9. The van der Waals surface area contributed by atoms with E-state index in [4.69, 9.17) is 38.7 Å². The van der Waals surface area contributed by atoms with Crippen molar-refractivity contribution in [3.05, 3.63) is 98.5 Å². The fourth-order valence-electron chi connectivity index (χ4n) is 5.87. The number of hydrogen-bond donors (Lipinski definition) is 0. The van der Waals surface area contributed by atoms with Gasteiger partial charge in [-0.25, -0.2) is 0 Å². The van der Waals surface area contributed by atoms with Crippen LogP contribution in [0.2, 0.25) is 15.1 Å². The van der Waals surface area contributed by atoms with Crippen molar-refractivity contribution in [2.75, 3.05) is 17.1 Å². The number of hydrogen-bond acceptors (Lipinski definition) is 3. The second kappa shape index (κ2) is 8.29. The van der Waals surface area contributed by atoms with Crippen LogP contribution in [0.15, 0.2) is 66.7 Å². The molecule has 1 amide bonds. The van der Waals surface area contributed by atoms with E-state index in [1.807, 2.05) is 58.6 Å².